The minimum atomic E-state index is -4.49. The van der Waals surface area contributed by atoms with Gasteiger partial charge in [0.1, 0.15) is 17.5 Å². The number of ether oxygens (including phenoxy) is 1. The van der Waals surface area contributed by atoms with Gasteiger partial charge >= 0.3 is 6.18 Å². The highest BCUT2D eigenvalue weighted by Gasteiger charge is 2.39. The van der Waals surface area contributed by atoms with E-state index in [2.05, 4.69) is 15.0 Å². The summed E-state index contributed by atoms with van der Waals surface area (Å²) in [6.07, 6.45) is -0.996. The maximum Gasteiger partial charge on any atom is 0.416 e. The van der Waals surface area contributed by atoms with Crippen molar-refractivity contribution in [3.05, 3.63) is 93.8 Å². The van der Waals surface area contributed by atoms with E-state index in [1.807, 2.05) is 6.92 Å². The largest absolute Gasteiger partial charge is 0.416 e. The van der Waals surface area contributed by atoms with E-state index in [1.165, 1.54) is 35.5 Å². The molecule has 0 radical (unpaired) electrons. The minimum Gasteiger partial charge on any atom is -0.383 e. The lowest BCUT2D eigenvalue weighted by atomic mass is 9.98. The van der Waals surface area contributed by atoms with Crippen molar-refractivity contribution >= 4 is 22.6 Å². The summed E-state index contributed by atoms with van der Waals surface area (Å²) in [7, 11) is 0. The Bertz CT molecular complexity index is 1640. The van der Waals surface area contributed by atoms with E-state index in [1.54, 1.807) is 13.0 Å². The number of nitrogen functional groups attached to an aromatic ring is 1. The molecule has 206 valence electrons. The van der Waals surface area contributed by atoms with Gasteiger partial charge in [0.15, 0.2) is 0 Å². The third-order valence-electron chi connectivity index (χ3n) is 7.83. The van der Waals surface area contributed by atoms with Crippen LogP contribution in [-0.4, -0.2) is 25.8 Å². The van der Waals surface area contributed by atoms with Gasteiger partial charge in [-0.3, -0.25) is 4.79 Å². The Morgan fingerprint density at radius 2 is 1.93 bits per heavy atom. The van der Waals surface area contributed by atoms with Crippen LogP contribution >= 0.6 is 0 Å². The lowest BCUT2D eigenvalue weighted by molar-refractivity contribution is -0.137. The fourth-order valence-electron chi connectivity index (χ4n) is 5.89. The Kier molecular flexibility index (Phi) is 6.21. The van der Waals surface area contributed by atoms with Crippen LogP contribution in [0.2, 0.25) is 0 Å². The molecule has 2 unspecified atom stereocenters. The zero-order valence-corrected chi connectivity index (χ0v) is 21.7. The predicted molar refractivity (Wildman–Crippen MR) is 138 cm³/mol. The molecule has 3 atom stereocenters. The molecule has 6 rings (SSSR count). The molecule has 0 saturated heterocycles. The predicted octanol–water partition coefficient (Wildman–Crippen LogP) is 6.25. The van der Waals surface area contributed by atoms with Crippen molar-refractivity contribution in [1.82, 2.24) is 19.9 Å². The number of carbonyl (C=O) groups is 1. The number of alkyl halides is 3. The normalized spacial score (nSPS) is 18.9. The van der Waals surface area contributed by atoms with Gasteiger partial charge in [-0.2, -0.15) is 13.2 Å². The summed E-state index contributed by atoms with van der Waals surface area (Å²) in [6.45, 7) is 3.81. The van der Waals surface area contributed by atoms with Gasteiger partial charge in [-0.05, 0) is 67.6 Å². The van der Waals surface area contributed by atoms with Crippen molar-refractivity contribution in [2.45, 2.75) is 57.7 Å². The monoisotopic (exact) mass is 551 g/mol. The summed E-state index contributed by atoms with van der Waals surface area (Å²) in [5.74, 6) is -0.832. The molecular weight excluding hydrogens is 526 g/mol. The van der Waals surface area contributed by atoms with E-state index in [-0.39, 0.29) is 24.1 Å². The van der Waals surface area contributed by atoms with Gasteiger partial charge in [-0.25, -0.2) is 19.3 Å². The van der Waals surface area contributed by atoms with E-state index in [0.717, 1.165) is 17.7 Å². The molecule has 2 aromatic heterocycles. The number of rotatable bonds is 4. The third-order valence-corrected chi connectivity index (χ3v) is 7.83. The van der Waals surface area contributed by atoms with Crippen molar-refractivity contribution in [2.75, 3.05) is 5.73 Å². The highest BCUT2D eigenvalue weighted by atomic mass is 19.4. The average molecular weight is 552 g/mol. The molecular formula is C29H25F4N5O2. The Labute approximate surface area is 227 Å². The van der Waals surface area contributed by atoms with Gasteiger partial charge in [-0.1, -0.05) is 6.07 Å². The number of fused-ring (bicyclic) bond motifs is 4. The van der Waals surface area contributed by atoms with Gasteiger partial charge in [0.2, 0.25) is 0 Å². The molecule has 4 aromatic rings. The Hall–Kier alpha value is -4.12. The lowest BCUT2D eigenvalue weighted by Gasteiger charge is -2.34. The van der Waals surface area contributed by atoms with Crippen LogP contribution in [-0.2, 0) is 23.9 Å². The summed E-state index contributed by atoms with van der Waals surface area (Å²) in [4.78, 5) is 28.7. The topological polar surface area (TPSA) is 94.2 Å². The second kappa shape index (κ2) is 9.51. The molecule has 0 bridgehead atoms. The summed E-state index contributed by atoms with van der Waals surface area (Å²) in [5, 5.41) is 0.559. The maximum atomic E-state index is 15.6. The number of hydrogen-bond acceptors (Lipinski definition) is 6. The number of nitrogens with two attached hydrogens (primary N) is 1. The Balaban J connectivity index is 1.48. The van der Waals surface area contributed by atoms with Crippen molar-refractivity contribution in [2.24, 2.45) is 0 Å². The number of nitrogens with zero attached hydrogens (tertiary/aromatic N) is 4. The van der Waals surface area contributed by atoms with Gasteiger partial charge in [0.25, 0.3) is 5.91 Å². The molecule has 0 saturated carbocycles. The van der Waals surface area contributed by atoms with Crippen LogP contribution in [0, 0.1) is 5.82 Å². The number of halogens is 4. The molecule has 2 aromatic carbocycles. The standard InChI is InChI=1S/C29H25F4N5O2/c1-14(27-35-8-3-9-36-27)38(24-7-4-16-10-17(29(31,32)33)5-6-18(16)24)28(39)20-11-19-21-13-40-15(2)25(21)26(34)37-23(19)12-22(20)30/h3,5-6,8-12,14-15,24H,4,7,13H2,1-2H3,(H2,34,37)/t14?,15-,24?/m1/s1. The third kappa shape index (κ3) is 4.25. The van der Waals surface area contributed by atoms with Crippen LogP contribution in [0.5, 0.6) is 0 Å². The number of aryl methyl sites for hydroxylation is 1. The van der Waals surface area contributed by atoms with Crippen LogP contribution in [0.25, 0.3) is 10.9 Å². The van der Waals surface area contributed by atoms with E-state index in [4.69, 9.17) is 10.5 Å². The first-order chi connectivity index (χ1) is 19.0. The fourth-order valence-corrected chi connectivity index (χ4v) is 5.89. The molecule has 11 heteroatoms. The molecule has 0 spiro atoms. The van der Waals surface area contributed by atoms with Crippen molar-refractivity contribution in [1.29, 1.82) is 0 Å². The van der Waals surface area contributed by atoms with Crippen molar-refractivity contribution in [3.63, 3.8) is 0 Å². The SMILES string of the molecule is CC(c1ncccn1)N(C(=O)c1cc2c3c(c(N)nc2cc1F)[C@@H](C)OC3)C1CCc2cc(C(F)(F)F)ccc21. The van der Waals surface area contributed by atoms with Crippen LogP contribution in [0.15, 0.2) is 48.8 Å². The van der Waals surface area contributed by atoms with Crippen molar-refractivity contribution < 1.29 is 27.1 Å². The quantitative estimate of drug-likeness (QED) is 0.302. The summed E-state index contributed by atoms with van der Waals surface area (Å²) >= 11 is 0. The van der Waals surface area contributed by atoms with E-state index in [9.17, 15) is 18.0 Å². The van der Waals surface area contributed by atoms with E-state index < -0.39 is 35.5 Å². The first-order valence-corrected chi connectivity index (χ1v) is 12.9. The number of aromatic nitrogens is 3. The molecule has 0 fully saturated rings. The van der Waals surface area contributed by atoms with Gasteiger partial charge in [-0.15, -0.1) is 0 Å². The molecule has 2 N–H and O–H groups in total. The van der Waals surface area contributed by atoms with Gasteiger partial charge < -0.3 is 15.4 Å². The highest BCUT2D eigenvalue weighted by molar-refractivity contribution is 6.00. The average Bonchev–Trinajstić information content (AvgIpc) is 3.52. The first kappa shape index (κ1) is 26.1. The number of amides is 1. The molecule has 7 nitrogen and oxygen atoms in total. The highest BCUT2D eigenvalue weighted by Crippen LogP contribution is 2.44. The molecule has 3 heterocycles. The maximum absolute atomic E-state index is 15.6. The smallest absolute Gasteiger partial charge is 0.383 e. The number of pyridine rings is 1. The summed E-state index contributed by atoms with van der Waals surface area (Å²) < 4.78 is 61.5. The van der Waals surface area contributed by atoms with Crippen LogP contribution in [0.1, 0.15) is 82.5 Å². The minimum absolute atomic E-state index is 0.191. The van der Waals surface area contributed by atoms with E-state index in [0.29, 0.717) is 46.3 Å². The number of benzene rings is 2. The molecule has 1 aliphatic heterocycles. The first-order valence-electron chi connectivity index (χ1n) is 12.9. The molecule has 2 aliphatic rings. The Morgan fingerprint density at radius 1 is 1.18 bits per heavy atom. The van der Waals surface area contributed by atoms with E-state index >= 15 is 4.39 Å². The second-order valence-electron chi connectivity index (χ2n) is 10.2. The zero-order valence-electron chi connectivity index (χ0n) is 21.7. The van der Waals surface area contributed by atoms with Gasteiger partial charge in [0.05, 0.1) is 41.4 Å². The molecule has 1 aliphatic carbocycles. The van der Waals surface area contributed by atoms with Crippen LogP contribution in [0.4, 0.5) is 23.4 Å². The van der Waals surface area contributed by atoms with Gasteiger partial charge in [0, 0.05) is 29.4 Å². The zero-order chi connectivity index (χ0) is 28.3. The molecule has 1 amide bonds. The second-order valence-corrected chi connectivity index (χ2v) is 10.2. The fraction of sp³-hybridized carbons (Fsp3) is 0.310. The summed E-state index contributed by atoms with van der Waals surface area (Å²) in [6, 6.07) is 6.51. The lowest BCUT2D eigenvalue weighted by Crippen LogP contribution is -2.37. The number of hydrogen-bond donors (Lipinski definition) is 1. The Morgan fingerprint density at radius 3 is 2.65 bits per heavy atom. The number of carbonyl (C=O) groups excluding carboxylic acids is 1. The number of anilines is 1. The summed E-state index contributed by atoms with van der Waals surface area (Å²) in [5.41, 5.74) is 8.04. The van der Waals surface area contributed by atoms with Crippen LogP contribution in [0.3, 0.4) is 0 Å². The van der Waals surface area contributed by atoms with Crippen LogP contribution < -0.4 is 5.73 Å². The van der Waals surface area contributed by atoms with Crippen molar-refractivity contribution in [3.8, 4) is 0 Å². The molecule has 40 heavy (non-hydrogen) atoms.